The largest absolute Gasteiger partial charge is 0.497 e. The van der Waals surface area contributed by atoms with Crippen molar-refractivity contribution in [1.82, 2.24) is 9.80 Å². The van der Waals surface area contributed by atoms with Gasteiger partial charge in [0, 0.05) is 38.3 Å². The average molecular weight is 338 g/mol. The number of benzene rings is 2. The second kappa shape index (κ2) is 8.17. The predicted molar refractivity (Wildman–Crippen MR) is 100 cm³/mol. The highest BCUT2D eigenvalue weighted by Crippen LogP contribution is 2.15. The molecule has 0 aliphatic carbocycles. The van der Waals surface area contributed by atoms with Gasteiger partial charge in [0.2, 0.25) is 0 Å². The molecule has 0 radical (unpaired) electrons. The maximum Gasteiger partial charge on any atom is 0.254 e. The molecule has 2 aromatic rings. The molecule has 0 bridgehead atoms. The van der Waals surface area contributed by atoms with Crippen molar-refractivity contribution < 1.29 is 9.53 Å². The third-order valence-electron chi connectivity index (χ3n) is 4.89. The lowest BCUT2D eigenvalue weighted by Gasteiger charge is -2.35. The first kappa shape index (κ1) is 17.5. The number of hydrogen-bond donors (Lipinski definition) is 0. The van der Waals surface area contributed by atoms with Crippen molar-refractivity contribution in [2.75, 3.05) is 39.8 Å². The van der Waals surface area contributed by atoms with Crippen LogP contribution in [0.3, 0.4) is 0 Å². The van der Waals surface area contributed by atoms with Gasteiger partial charge in [-0.3, -0.25) is 9.69 Å². The van der Waals surface area contributed by atoms with Crippen LogP contribution in [-0.2, 0) is 6.42 Å². The van der Waals surface area contributed by atoms with Crippen LogP contribution >= 0.6 is 0 Å². The smallest absolute Gasteiger partial charge is 0.254 e. The number of nitrogens with zero attached hydrogens (tertiary/aromatic N) is 2. The Morgan fingerprint density at radius 3 is 2.52 bits per heavy atom. The van der Waals surface area contributed by atoms with Gasteiger partial charge in [0.15, 0.2) is 0 Å². The third kappa shape index (κ3) is 4.40. The Morgan fingerprint density at radius 1 is 1.04 bits per heavy atom. The van der Waals surface area contributed by atoms with Gasteiger partial charge >= 0.3 is 0 Å². The van der Waals surface area contributed by atoms with Crippen molar-refractivity contribution in [3.63, 3.8) is 0 Å². The van der Waals surface area contributed by atoms with Crippen LogP contribution in [0, 0.1) is 6.92 Å². The standard InChI is InChI=1S/C21H26N2O2/c1-17-6-3-4-9-20(17)21(24)23-14-12-22(13-15-23)11-10-18-7-5-8-19(16-18)25-2/h3-9,16H,10-15H2,1-2H3. The molecule has 1 amide bonds. The minimum Gasteiger partial charge on any atom is -0.497 e. The van der Waals surface area contributed by atoms with Crippen LogP contribution in [0.25, 0.3) is 0 Å². The monoisotopic (exact) mass is 338 g/mol. The van der Waals surface area contributed by atoms with Crippen molar-refractivity contribution >= 4 is 5.91 Å². The van der Waals surface area contributed by atoms with Gasteiger partial charge < -0.3 is 9.64 Å². The molecule has 1 aliphatic heterocycles. The highest BCUT2D eigenvalue weighted by Gasteiger charge is 2.22. The van der Waals surface area contributed by atoms with E-state index in [1.165, 1.54) is 5.56 Å². The van der Waals surface area contributed by atoms with Crippen molar-refractivity contribution in [1.29, 1.82) is 0 Å². The summed E-state index contributed by atoms with van der Waals surface area (Å²) >= 11 is 0. The number of rotatable bonds is 5. The molecular formula is C21H26N2O2. The van der Waals surface area contributed by atoms with Gasteiger partial charge in [0.25, 0.3) is 5.91 Å². The molecule has 25 heavy (non-hydrogen) atoms. The maximum absolute atomic E-state index is 12.7. The molecule has 1 aliphatic rings. The summed E-state index contributed by atoms with van der Waals surface area (Å²) < 4.78 is 5.28. The van der Waals surface area contributed by atoms with Crippen molar-refractivity contribution in [2.24, 2.45) is 0 Å². The van der Waals surface area contributed by atoms with Gasteiger partial charge in [-0.15, -0.1) is 0 Å². The van der Waals surface area contributed by atoms with Gasteiger partial charge in [-0.25, -0.2) is 0 Å². The zero-order valence-electron chi connectivity index (χ0n) is 15.1. The van der Waals surface area contributed by atoms with E-state index < -0.39 is 0 Å². The number of hydrogen-bond acceptors (Lipinski definition) is 3. The number of ether oxygens (including phenoxy) is 1. The molecule has 2 aromatic carbocycles. The summed E-state index contributed by atoms with van der Waals surface area (Å²) in [6.45, 7) is 6.47. The van der Waals surface area contributed by atoms with Crippen LogP contribution in [0.1, 0.15) is 21.5 Å². The van der Waals surface area contributed by atoms with Gasteiger partial charge in [-0.2, -0.15) is 0 Å². The molecule has 1 heterocycles. The van der Waals surface area contributed by atoms with Crippen LogP contribution in [0.4, 0.5) is 0 Å². The van der Waals surface area contributed by atoms with Crippen LogP contribution in [-0.4, -0.2) is 55.5 Å². The predicted octanol–water partition coefficient (Wildman–Crippen LogP) is 3.00. The topological polar surface area (TPSA) is 32.8 Å². The minimum atomic E-state index is 0.158. The summed E-state index contributed by atoms with van der Waals surface area (Å²) in [5, 5.41) is 0. The lowest BCUT2D eigenvalue weighted by molar-refractivity contribution is 0.0638. The Bertz CT molecular complexity index is 721. The lowest BCUT2D eigenvalue weighted by atomic mass is 10.1. The molecule has 1 fully saturated rings. The highest BCUT2D eigenvalue weighted by molar-refractivity contribution is 5.95. The summed E-state index contributed by atoms with van der Waals surface area (Å²) in [4.78, 5) is 17.1. The van der Waals surface area contributed by atoms with Crippen LogP contribution in [0.5, 0.6) is 5.75 Å². The number of carbonyl (C=O) groups excluding carboxylic acids is 1. The van der Waals surface area contributed by atoms with Crippen molar-refractivity contribution in [3.8, 4) is 5.75 Å². The highest BCUT2D eigenvalue weighted by atomic mass is 16.5. The summed E-state index contributed by atoms with van der Waals surface area (Å²) in [7, 11) is 1.70. The lowest BCUT2D eigenvalue weighted by Crippen LogP contribution is -2.49. The minimum absolute atomic E-state index is 0.158. The first-order valence-electron chi connectivity index (χ1n) is 8.87. The number of amides is 1. The zero-order chi connectivity index (χ0) is 17.6. The molecule has 3 rings (SSSR count). The van der Waals surface area contributed by atoms with Crippen LogP contribution in [0.2, 0.25) is 0 Å². The molecule has 0 aromatic heterocycles. The molecular weight excluding hydrogens is 312 g/mol. The molecule has 0 spiro atoms. The van der Waals surface area contributed by atoms with E-state index in [4.69, 9.17) is 4.74 Å². The molecule has 0 saturated carbocycles. The summed E-state index contributed by atoms with van der Waals surface area (Å²) in [6, 6.07) is 16.1. The van der Waals surface area contributed by atoms with Gasteiger partial charge in [0.05, 0.1) is 7.11 Å². The average Bonchev–Trinajstić information content (AvgIpc) is 2.67. The fourth-order valence-corrected chi connectivity index (χ4v) is 3.27. The van der Waals surface area contributed by atoms with Crippen molar-refractivity contribution in [2.45, 2.75) is 13.3 Å². The van der Waals surface area contributed by atoms with Crippen molar-refractivity contribution in [3.05, 3.63) is 65.2 Å². The number of carbonyl (C=O) groups is 1. The summed E-state index contributed by atoms with van der Waals surface area (Å²) in [5.74, 6) is 1.07. The second-order valence-corrected chi connectivity index (χ2v) is 6.55. The summed E-state index contributed by atoms with van der Waals surface area (Å²) in [5.41, 5.74) is 3.16. The first-order valence-corrected chi connectivity index (χ1v) is 8.87. The van der Waals surface area contributed by atoms with E-state index in [9.17, 15) is 4.79 Å². The molecule has 4 nitrogen and oxygen atoms in total. The quantitative estimate of drug-likeness (QED) is 0.840. The van der Waals surface area contributed by atoms with Gasteiger partial charge in [0.1, 0.15) is 5.75 Å². The number of piperazine rings is 1. The Kier molecular flexibility index (Phi) is 5.71. The Balaban J connectivity index is 1.50. The van der Waals surface area contributed by atoms with E-state index in [-0.39, 0.29) is 5.91 Å². The molecule has 4 heteroatoms. The fourth-order valence-electron chi connectivity index (χ4n) is 3.27. The SMILES string of the molecule is COc1cccc(CCN2CCN(C(=O)c3ccccc3C)CC2)c1. The van der Waals surface area contributed by atoms with Crippen LogP contribution < -0.4 is 4.74 Å². The van der Waals surface area contributed by atoms with Gasteiger partial charge in [-0.1, -0.05) is 30.3 Å². The van der Waals surface area contributed by atoms with E-state index in [2.05, 4.69) is 17.0 Å². The van der Waals surface area contributed by atoms with E-state index in [0.29, 0.717) is 0 Å². The molecule has 0 unspecified atom stereocenters. The number of aryl methyl sites for hydroxylation is 1. The summed E-state index contributed by atoms with van der Waals surface area (Å²) in [6.07, 6.45) is 1.00. The van der Waals surface area contributed by atoms with Crippen LogP contribution in [0.15, 0.2) is 48.5 Å². The maximum atomic E-state index is 12.7. The van der Waals surface area contributed by atoms with E-state index in [0.717, 1.165) is 56.0 Å². The van der Waals surface area contributed by atoms with E-state index in [1.54, 1.807) is 7.11 Å². The third-order valence-corrected chi connectivity index (χ3v) is 4.89. The Morgan fingerprint density at radius 2 is 1.80 bits per heavy atom. The fraction of sp³-hybridized carbons (Fsp3) is 0.381. The molecule has 0 N–H and O–H groups in total. The molecule has 0 atom stereocenters. The zero-order valence-corrected chi connectivity index (χ0v) is 15.1. The normalized spacial score (nSPS) is 15.2. The molecule has 132 valence electrons. The Labute approximate surface area is 150 Å². The molecule has 1 saturated heterocycles. The Hall–Kier alpha value is -2.33. The second-order valence-electron chi connectivity index (χ2n) is 6.55. The number of methoxy groups -OCH3 is 1. The first-order chi connectivity index (χ1) is 12.2. The van der Waals surface area contributed by atoms with E-state index in [1.807, 2.05) is 48.2 Å². The van der Waals surface area contributed by atoms with E-state index >= 15 is 0 Å². The van der Waals surface area contributed by atoms with Gasteiger partial charge in [-0.05, 0) is 42.7 Å².